The van der Waals surface area contributed by atoms with Crippen molar-refractivity contribution < 1.29 is 9.50 Å². The van der Waals surface area contributed by atoms with Gasteiger partial charge in [-0.15, -0.1) is 0 Å². The molecule has 0 fully saturated rings. The average Bonchev–Trinajstić information content (AvgIpc) is 2.31. The molecule has 0 spiro atoms. The van der Waals surface area contributed by atoms with E-state index in [1.54, 1.807) is 18.3 Å². The van der Waals surface area contributed by atoms with Crippen LogP contribution in [0, 0.1) is 12.7 Å². The highest BCUT2D eigenvalue weighted by molar-refractivity contribution is 5.47. The molecule has 1 heterocycles. The van der Waals surface area contributed by atoms with Crippen molar-refractivity contribution in [3.63, 3.8) is 0 Å². The molecule has 0 atom stereocenters. The predicted octanol–water partition coefficient (Wildman–Crippen LogP) is 2.24. The fourth-order valence-electron chi connectivity index (χ4n) is 1.41. The molecule has 2 aromatic rings. The summed E-state index contributed by atoms with van der Waals surface area (Å²) >= 11 is 0. The van der Waals surface area contributed by atoms with Gasteiger partial charge in [-0.25, -0.2) is 14.4 Å². The van der Waals surface area contributed by atoms with Gasteiger partial charge in [0.15, 0.2) is 11.6 Å². The predicted molar refractivity (Wildman–Crippen MR) is 62.2 cm³/mol. The lowest BCUT2D eigenvalue weighted by Crippen LogP contribution is -2.03. The van der Waals surface area contributed by atoms with E-state index in [-0.39, 0.29) is 5.75 Å². The number of nitrogens with zero attached hydrogens (tertiary/aromatic N) is 2. The summed E-state index contributed by atoms with van der Waals surface area (Å²) in [5.74, 6) is -0.302. The smallest absolute Gasteiger partial charge is 0.166 e. The zero-order valence-electron chi connectivity index (χ0n) is 9.31. The minimum atomic E-state index is -0.645. The molecule has 0 bridgehead atoms. The molecule has 5 heteroatoms. The molecule has 17 heavy (non-hydrogen) atoms. The van der Waals surface area contributed by atoms with E-state index >= 15 is 0 Å². The third kappa shape index (κ3) is 2.90. The number of phenolic OH excluding ortho intramolecular Hbond substituents is 1. The van der Waals surface area contributed by atoms with E-state index in [9.17, 15) is 4.39 Å². The highest BCUT2D eigenvalue weighted by Gasteiger charge is 2.01. The third-order valence-electron chi connectivity index (χ3n) is 2.26. The van der Waals surface area contributed by atoms with Gasteiger partial charge in [0, 0.05) is 18.0 Å². The Morgan fingerprint density at radius 2 is 2.18 bits per heavy atom. The van der Waals surface area contributed by atoms with Crippen LogP contribution >= 0.6 is 0 Å². The van der Waals surface area contributed by atoms with E-state index in [4.69, 9.17) is 5.11 Å². The van der Waals surface area contributed by atoms with Crippen LogP contribution in [0.2, 0.25) is 0 Å². The van der Waals surface area contributed by atoms with E-state index < -0.39 is 5.82 Å². The Morgan fingerprint density at radius 3 is 2.88 bits per heavy atom. The van der Waals surface area contributed by atoms with Gasteiger partial charge in [-0.3, -0.25) is 0 Å². The largest absolute Gasteiger partial charge is 0.505 e. The van der Waals surface area contributed by atoms with Gasteiger partial charge in [-0.2, -0.15) is 0 Å². The van der Waals surface area contributed by atoms with Crippen LogP contribution in [0.4, 0.5) is 10.1 Å². The van der Waals surface area contributed by atoms with Crippen LogP contribution in [0.5, 0.6) is 5.75 Å². The van der Waals surface area contributed by atoms with Crippen molar-refractivity contribution in [2.75, 3.05) is 5.32 Å². The van der Waals surface area contributed by atoms with E-state index in [0.717, 1.165) is 5.69 Å². The number of phenols is 1. The average molecular weight is 233 g/mol. The van der Waals surface area contributed by atoms with Crippen molar-refractivity contribution in [1.82, 2.24) is 9.97 Å². The molecular weight excluding hydrogens is 221 g/mol. The first-order valence-corrected chi connectivity index (χ1v) is 5.16. The van der Waals surface area contributed by atoms with Crippen LogP contribution in [0.15, 0.2) is 30.5 Å². The molecule has 0 amide bonds. The number of aryl methyl sites for hydroxylation is 1. The second kappa shape index (κ2) is 4.78. The van der Waals surface area contributed by atoms with Gasteiger partial charge in [0.05, 0.1) is 12.2 Å². The second-order valence-electron chi connectivity index (χ2n) is 3.61. The van der Waals surface area contributed by atoms with Gasteiger partial charge in [0.1, 0.15) is 5.82 Å². The molecule has 0 radical (unpaired) electrons. The summed E-state index contributed by atoms with van der Waals surface area (Å²) in [7, 11) is 0. The Morgan fingerprint density at radius 1 is 1.35 bits per heavy atom. The van der Waals surface area contributed by atoms with Crippen LogP contribution in [0.1, 0.15) is 11.5 Å². The van der Waals surface area contributed by atoms with Crippen LogP contribution in [-0.2, 0) is 6.54 Å². The molecule has 88 valence electrons. The van der Waals surface area contributed by atoms with Crippen molar-refractivity contribution in [3.8, 4) is 5.75 Å². The number of anilines is 1. The zero-order chi connectivity index (χ0) is 12.3. The molecule has 0 aliphatic carbocycles. The van der Waals surface area contributed by atoms with Gasteiger partial charge >= 0.3 is 0 Å². The van der Waals surface area contributed by atoms with Crippen LogP contribution in [-0.4, -0.2) is 15.1 Å². The second-order valence-corrected chi connectivity index (χ2v) is 3.61. The molecule has 2 N–H and O–H groups in total. The van der Waals surface area contributed by atoms with E-state index in [1.165, 1.54) is 12.1 Å². The van der Waals surface area contributed by atoms with Gasteiger partial charge in [0.2, 0.25) is 0 Å². The first-order valence-electron chi connectivity index (χ1n) is 5.16. The minimum Gasteiger partial charge on any atom is -0.505 e. The van der Waals surface area contributed by atoms with E-state index in [1.807, 2.05) is 6.92 Å². The molecule has 0 aliphatic rings. The van der Waals surface area contributed by atoms with Crippen molar-refractivity contribution in [2.24, 2.45) is 0 Å². The topological polar surface area (TPSA) is 58.0 Å². The van der Waals surface area contributed by atoms with Crippen molar-refractivity contribution in [2.45, 2.75) is 13.5 Å². The van der Waals surface area contributed by atoms with Crippen LogP contribution in [0.3, 0.4) is 0 Å². The molecule has 1 aromatic carbocycles. The summed E-state index contributed by atoms with van der Waals surface area (Å²) in [5.41, 5.74) is 1.42. The SMILES string of the molecule is Cc1nccc(CNc2ccc(O)c(F)c2)n1. The summed E-state index contributed by atoms with van der Waals surface area (Å²) in [5, 5.41) is 12.1. The molecule has 4 nitrogen and oxygen atoms in total. The Bertz CT molecular complexity index is 531. The van der Waals surface area contributed by atoms with Crippen LogP contribution < -0.4 is 5.32 Å². The normalized spacial score (nSPS) is 10.2. The lowest BCUT2D eigenvalue weighted by atomic mass is 10.3. The van der Waals surface area contributed by atoms with Crippen LogP contribution in [0.25, 0.3) is 0 Å². The number of aromatic nitrogens is 2. The number of benzene rings is 1. The Labute approximate surface area is 98.2 Å². The van der Waals surface area contributed by atoms with Gasteiger partial charge in [-0.05, 0) is 25.1 Å². The minimum absolute atomic E-state index is 0.353. The Kier molecular flexibility index (Phi) is 3.18. The first-order chi connectivity index (χ1) is 8.15. The summed E-state index contributed by atoms with van der Waals surface area (Å²) in [6.07, 6.45) is 1.68. The van der Waals surface area contributed by atoms with Gasteiger partial charge in [0.25, 0.3) is 0 Å². The number of halogens is 1. The summed E-state index contributed by atoms with van der Waals surface area (Å²) in [6, 6.07) is 5.94. The van der Waals surface area contributed by atoms with Gasteiger partial charge < -0.3 is 10.4 Å². The number of aromatic hydroxyl groups is 1. The fourth-order valence-corrected chi connectivity index (χ4v) is 1.41. The van der Waals surface area contributed by atoms with E-state index in [0.29, 0.717) is 18.1 Å². The highest BCUT2D eigenvalue weighted by Crippen LogP contribution is 2.19. The number of hydrogen-bond donors (Lipinski definition) is 2. The Hall–Kier alpha value is -2.17. The lowest BCUT2D eigenvalue weighted by molar-refractivity contribution is 0.432. The van der Waals surface area contributed by atoms with Crippen molar-refractivity contribution >= 4 is 5.69 Å². The van der Waals surface area contributed by atoms with Crippen molar-refractivity contribution in [1.29, 1.82) is 0 Å². The quantitative estimate of drug-likeness (QED) is 0.798. The Balaban J connectivity index is 2.05. The van der Waals surface area contributed by atoms with Gasteiger partial charge in [-0.1, -0.05) is 0 Å². The van der Waals surface area contributed by atoms with Crippen molar-refractivity contribution in [3.05, 3.63) is 47.8 Å². The maximum Gasteiger partial charge on any atom is 0.166 e. The fraction of sp³-hybridized carbons (Fsp3) is 0.167. The molecule has 0 saturated heterocycles. The lowest BCUT2D eigenvalue weighted by Gasteiger charge is -2.06. The molecule has 0 aliphatic heterocycles. The number of nitrogens with one attached hydrogen (secondary N) is 1. The molecular formula is C12H12FN3O. The molecule has 2 rings (SSSR count). The molecule has 0 unspecified atom stereocenters. The monoisotopic (exact) mass is 233 g/mol. The first kappa shape index (κ1) is 11.3. The standard InChI is InChI=1S/C12H12FN3O/c1-8-14-5-4-10(16-8)7-15-9-2-3-12(17)11(13)6-9/h2-6,15,17H,7H2,1H3. The van der Waals surface area contributed by atoms with E-state index in [2.05, 4.69) is 15.3 Å². The summed E-state index contributed by atoms with van der Waals surface area (Å²) in [6.45, 7) is 2.29. The third-order valence-corrected chi connectivity index (χ3v) is 2.26. The maximum absolute atomic E-state index is 13.1. The zero-order valence-corrected chi connectivity index (χ0v) is 9.31. The maximum atomic E-state index is 13.1. The summed E-state index contributed by atoms with van der Waals surface area (Å²) < 4.78 is 13.1. The molecule has 0 saturated carbocycles. The highest BCUT2D eigenvalue weighted by atomic mass is 19.1. The molecule has 1 aromatic heterocycles. The summed E-state index contributed by atoms with van der Waals surface area (Å²) in [4.78, 5) is 8.20. The number of hydrogen-bond acceptors (Lipinski definition) is 4. The number of rotatable bonds is 3.